The quantitative estimate of drug-likeness (QED) is 0.835. The minimum absolute atomic E-state index is 0.218. The van der Waals surface area contributed by atoms with Gasteiger partial charge >= 0.3 is 0 Å². The zero-order chi connectivity index (χ0) is 15.3. The first-order chi connectivity index (χ1) is 10.0. The predicted octanol–water partition coefficient (Wildman–Crippen LogP) is 2.76. The van der Waals surface area contributed by atoms with Crippen molar-refractivity contribution in [1.29, 1.82) is 5.26 Å². The highest BCUT2D eigenvalue weighted by molar-refractivity contribution is 5.51. The van der Waals surface area contributed by atoms with Crippen LogP contribution in [0.5, 0.6) is 5.75 Å². The molecular weight excluding hydrogens is 262 g/mol. The fourth-order valence-electron chi connectivity index (χ4n) is 2.53. The van der Waals surface area contributed by atoms with Crippen LogP contribution in [0.2, 0.25) is 0 Å². The van der Waals surface area contributed by atoms with Crippen molar-refractivity contribution < 1.29 is 4.74 Å². The summed E-state index contributed by atoms with van der Waals surface area (Å²) in [5.41, 5.74) is 1.01. The first-order valence-corrected chi connectivity index (χ1v) is 7.57. The number of hydrogen-bond acceptors (Lipinski definition) is 4. The second-order valence-corrected chi connectivity index (χ2v) is 6.28. The van der Waals surface area contributed by atoms with Gasteiger partial charge in [-0.3, -0.25) is 4.90 Å². The molecule has 0 aromatic heterocycles. The van der Waals surface area contributed by atoms with Crippen molar-refractivity contribution in [3.63, 3.8) is 0 Å². The van der Waals surface area contributed by atoms with E-state index in [0.29, 0.717) is 0 Å². The molecule has 1 aliphatic rings. The Morgan fingerprint density at radius 1 is 1.24 bits per heavy atom. The predicted molar refractivity (Wildman–Crippen MR) is 85.7 cm³/mol. The Bertz CT molecular complexity index is 499. The van der Waals surface area contributed by atoms with E-state index in [1.54, 1.807) is 7.11 Å². The maximum atomic E-state index is 9.08. The number of piperazine rings is 1. The van der Waals surface area contributed by atoms with Gasteiger partial charge in [0.15, 0.2) is 0 Å². The van der Waals surface area contributed by atoms with E-state index in [1.165, 1.54) is 5.69 Å². The molecule has 0 unspecified atom stereocenters. The van der Waals surface area contributed by atoms with Crippen molar-refractivity contribution in [2.24, 2.45) is 5.41 Å². The minimum atomic E-state index is -0.218. The Morgan fingerprint density at radius 3 is 2.57 bits per heavy atom. The van der Waals surface area contributed by atoms with Gasteiger partial charge in [0.05, 0.1) is 18.6 Å². The molecule has 21 heavy (non-hydrogen) atoms. The maximum Gasteiger partial charge on any atom is 0.120 e. The molecule has 2 rings (SSSR count). The molecule has 0 radical (unpaired) electrons. The monoisotopic (exact) mass is 287 g/mol. The van der Waals surface area contributed by atoms with E-state index in [9.17, 15) is 0 Å². The molecule has 1 aliphatic heterocycles. The third-order valence-electron chi connectivity index (χ3n) is 4.15. The van der Waals surface area contributed by atoms with Gasteiger partial charge in [0, 0.05) is 37.9 Å². The Hall–Kier alpha value is -1.73. The van der Waals surface area contributed by atoms with Gasteiger partial charge in [0.2, 0.25) is 0 Å². The van der Waals surface area contributed by atoms with Gasteiger partial charge in [-0.05, 0) is 38.9 Å². The smallest absolute Gasteiger partial charge is 0.120 e. The second-order valence-electron chi connectivity index (χ2n) is 6.28. The summed E-state index contributed by atoms with van der Waals surface area (Å²) in [6.07, 6.45) is 0.933. The molecule has 1 aromatic carbocycles. The van der Waals surface area contributed by atoms with Crippen molar-refractivity contribution in [1.82, 2.24) is 4.90 Å². The number of methoxy groups -OCH3 is 1. The molecule has 0 aliphatic carbocycles. The van der Waals surface area contributed by atoms with E-state index in [2.05, 4.69) is 28.0 Å². The molecule has 4 nitrogen and oxygen atoms in total. The normalized spacial score (nSPS) is 16.6. The molecule has 0 N–H and O–H groups in total. The standard InChI is InChI=1S/C17H25N3O/c1-17(2,14-18)7-8-19-9-11-20(12-10-19)15-5-4-6-16(13-15)21-3/h4-6,13H,7-12H2,1-3H3. The molecule has 0 atom stereocenters. The summed E-state index contributed by atoms with van der Waals surface area (Å²) >= 11 is 0. The van der Waals surface area contributed by atoms with E-state index in [4.69, 9.17) is 10.00 Å². The highest BCUT2D eigenvalue weighted by atomic mass is 16.5. The average molecular weight is 287 g/mol. The van der Waals surface area contributed by atoms with E-state index < -0.39 is 0 Å². The topological polar surface area (TPSA) is 39.5 Å². The van der Waals surface area contributed by atoms with Crippen molar-refractivity contribution in [2.75, 3.05) is 44.7 Å². The summed E-state index contributed by atoms with van der Waals surface area (Å²) in [4.78, 5) is 4.85. The number of nitrogens with zero attached hydrogens (tertiary/aromatic N) is 3. The Balaban J connectivity index is 1.84. The molecule has 1 aromatic rings. The fourth-order valence-corrected chi connectivity index (χ4v) is 2.53. The van der Waals surface area contributed by atoms with Crippen LogP contribution in [0.3, 0.4) is 0 Å². The van der Waals surface area contributed by atoms with E-state index in [0.717, 1.165) is 44.9 Å². The molecule has 0 bridgehead atoms. The number of anilines is 1. The van der Waals surface area contributed by atoms with Gasteiger partial charge in [-0.15, -0.1) is 0 Å². The first-order valence-electron chi connectivity index (χ1n) is 7.57. The molecule has 0 amide bonds. The van der Waals surface area contributed by atoms with Crippen LogP contribution in [0.25, 0.3) is 0 Å². The summed E-state index contributed by atoms with van der Waals surface area (Å²) in [6, 6.07) is 10.6. The maximum absolute atomic E-state index is 9.08. The lowest BCUT2D eigenvalue weighted by atomic mass is 9.91. The van der Waals surface area contributed by atoms with Crippen molar-refractivity contribution in [3.8, 4) is 11.8 Å². The van der Waals surface area contributed by atoms with Crippen molar-refractivity contribution in [2.45, 2.75) is 20.3 Å². The van der Waals surface area contributed by atoms with Crippen LogP contribution < -0.4 is 9.64 Å². The summed E-state index contributed by atoms with van der Waals surface area (Å²) in [5.74, 6) is 0.908. The lowest BCUT2D eigenvalue weighted by Gasteiger charge is -2.37. The Morgan fingerprint density at radius 2 is 1.95 bits per heavy atom. The van der Waals surface area contributed by atoms with Crippen LogP contribution in [-0.4, -0.2) is 44.7 Å². The van der Waals surface area contributed by atoms with Crippen LogP contribution in [0, 0.1) is 16.7 Å². The van der Waals surface area contributed by atoms with Crippen LogP contribution in [0.15, 0.2) is 24.3 Å². The van der Waals surface area contributed by atoms with Gasteiger partial charge < -0.3 is 9.64 Å². The number of benzene rings is 1. The van der Waals surface area contributed by atoms with Gasteiger partial charge in [0.25, 0.3) is 0 Å². The highest BCUT2D eigenvalue weighted by Gasteiger charge is 2.21. The zero-order valence-electron chi connectivity index (χ0n) is 13.3. The lowest BCUT2D eigenvalue weighted by Crippen LogP contribution is -2.47. The Kier molecular flexibility index (Phi) is 5.08. The molecule has 0 spiro atoms. The first kappa shape index (κ1) is 15.7. The molecule has 1 heterocycles. The second kappa shape index (κ2) is 6.82. The summed E-state index contributed by atoms with van der Waals surface area (Å²) in [5, 5.41) is 9.08. The van der Waals surface area contributed by atoms with E-state index >= 15 is 0 Å². The van der Waals surface area contributed by atoms with E-state index in [-0.39, 0.29) is 5.41 Å². The third kappa shape index (κ3) is 4.37. The summed E-state index contributed by atoms with van der Waals surface area (Å²) in [6.45, 7) is 9.20. The SMILES string of the molecule is COc1cccc(N2CCN(CCC(C)(C)C#N)CC2)c1. The van der Waals surface area contributed by atoms with Gasteiger partial charge in [0.1, 0.15) is 5.75 Å². The van der Waals surface area contributed by atoms with Gasteiger partial charge in [-0.1, -0.05) is 6.07 Å². The molecule has 114 valence electrons. The average Bonchev–Trinajstić information content (AvgIpc) is 2.53. The molecule has 0 saturated carbocycles. The third-order valence-corrected chi connectivity index (χ3v) is 4.15. The molecule has 1 saturated heterocycles. The molecule has 1 fully saturated rings. The van der Waals surface area contributed by atoms with Gasteiger partial charge in [-0.25, -0.2) is 0 Å². The van der Waals surface area contributed by atoms with Crippen LogP contribution >= 0.6 is 0 Å². The number of rotatable bonds is 5. The highest BCUT2D eigenvalue weighted by Crippen LogP contribution is 2.23. The van der Waals surface area contributed by atoms with Crippen molar-refractivity contribution >= 4 is 5.69 Å². The lowest BCUT2D eigenvalue weighted by molar-refractivity contribution is 0.230. The van der Waals surface area contributed by atoms with Crippen LogP contribution in [0.1, 0.15) is 20.3 Å². The van der Waals surface area contributed by atoms with Crippen LogP contribution in [-0.2, 0) is 0 Å². The molecular formula is C17H25N3O. The number of ether oxygens (including phenoxy) is 1. The van der Waals surface area contributed by atoms with Gasteiger partial charge in [-0.2, -0.15) is 5.26 Å². The summed E-state index contributed by atoms with van der Waals surface area (Å²) in [7, 11) is 1.70. The number of hydrogen-bond donors (Lipinski definition) is 0. The van der Waals surface area contributed by atoms with E-state index in [1.807, 2.05) is 26.0 Å². The fraction of sp³-hybridized carbons (Fsp3) is 0.588. The molecule has 4 heteroatoms. The van der Waals surface area contributed by atoms with Crippen molar-refractivity contribution in [3.05, 3.63) is 24.3 Å². The summed E-state index contributed by atoms with van der Waals surface area (Å²) < 4.78 is 5.29. The zero-order valence-corrected chi connectivity index (χ0v) is 13.3. The Labute approximate surface area is 127 Å². The minimum Gasteiger partial charge on any atom is -0.497 e. The number of nitriles is 1. The van der Waals surface area contributed by atoms with Crippen LogP contribution in [0.4, 0.5) is 5.69 Å². The largest absolute Gasteiger partial charge is 0.497 e.